The first-order valence-corrected chi connectivity index (χ1v) is 10.0. The fraction of sp³-hybridized carbons (Fsp3) is 0.278. The first-order valence-electron chi connectivity index (χ1n) is 7.78. The molecule has 0 spiro atoms. The molecule has 134 valence electrons. The highest BCUT2D eigenvalue weighted by Crippen LogP contribution is 2.21. The SMILES string of the molecule is Cc1cc(Br)ccc1NC(=O)c1ccc(S(=O)(=O)N(C)C(C)C)cc1. The zero-order chi connectivity index (χ0) is 18.8. The van der Waals surface area contributed by atoms with Crippen molar-refractivity contribution in [3.05, 3.63) is 58.1 Å². The molecule has 0 aromatic heterocycles. The number of sulfonamides is 1. The molecule has 25 heavy (non-hydrogen) atoms. The second-order valence-electron chi connectivity index (χ2n) is 6.05. The number of aryl methyl sites for hydroxylation is 1. The fourth-order valence-electron chi connectivity index (χ4n) is 2.18. The number of hydrogen-bond donors (Lipinski definition) is 1. The quantitative estimate of drug-likeness (QED) is 0.787. The van der Waals surface area contributed by atoms with Crippen LogP contribution in [0.2, 0.25) is 0 Å². The van der Waals surface area contributed by atoms with Gasteiger partial charge >= 0.3 is 0 Å². The lowest BCUT2D eigenvalue weighted by atomic mass is 10.1. The lowest BCUT2D eigenvalue weighted by molar-refractivity contribution is 0.102. The lowest BCUT2D eigenvalue weighted by Gasteiger charge is -2.21. The maximum Gasteiger partial charge on any atom is 0.255 e. The molecule has 1 amide bonds. The molecule has 0 aliphatic rings. The van der Waals surface area contributed by atoms with Gasteiger partial charge < -0.3 is 5.32 Å². The van der Waals surface area contributed by atoms with Crippen LogP contribution in [0.5, 0.6) is 0 Å². The highest BCUT2D eigenvalue weighted by atomic mass is 79.9. The van der Waals surface area contributed by atoms with E-state index in [1.54, 1.807) is 13.8 Å². The number of benzene rings is 2. The maximum absolute atomic E-state index is 12.4. The van der Waals surface area contributed by atoms with Gasteiger partial charge in [0.05, 0.1) is 4.90 Å². The van der Waals surface area contributed by atoms with E-state index in [4.69, 9.17) is 0 Å². The summed E-state index contributed by atoms with van der Waals surface area (Å²) in [7, 11) is -2.02. The molecule has 0 aliphatic carbocycles. The van der Waals surface area contributed by atoms with Gasteiger partial charge in [0.2, 0.25) is 10.0 Å². The minimum Gasteiger partial charge on any atom is -0.322 e. The van der Waals surface area contributed by atoms with Gasteiger partial charge in [0.25, 0.3) is 5.91 Å². The number of carbonyl (C=O) groups is 1. The molecule has 0 fully saturated rings. The van der Waals surface area contributed by atoms with Crippen molar-refractivity contribution in [2.45, 2.75) is 31.7 Å². The Morgan fingerprint density at radius 3 is 2.24 bits per heavy atom. The van der Waals surface area contributed by atoms with Crippen molar-refractivity contribution in [1.29, 1.82) is 0 Å². The molecule has 5 nitrogen and oxygen atoms in total. The Bertz CT molecular complexity index is 878. The first kappa shape index (κ1) is 19.6. The maximum atomic E-state index is 12.4. The average molecular weight is 425 g/mol. The Kier molecular flexibility index (Phi) is 6.03. The summed E-state index contributed by atoms with van der Waals surface area (Å²) in [5, 5.41) is 2.83. The number of halogens is 1. The predicted octanol–water partition coefficient (Wildman–Crippen LogP) is 4.04. The first-order chi connectivity index (χ1) is 11.6. The van der Waals surface area contributed by atoms with Crippen LogP contribution in [0, 0.1) is 6.92 Å². The molecule has 2 aromatic carbocycles. The minimum atomic E-state index is -3.55. The third kappa shape index (κ3) is 4.48. The number of nitrogens with zero attached hydrogens (tertiary/aromatic N) is 1. The van der Waals surface area contributed by atoms with Crippen LogP contribution < -0.4 is 5.32 Å². The molecular formula is C18H21BrN2O3S. The van der Waals surface area contributed by atoms with Crippen molar-refractivity contribution < 1.29 is 13.2 Å². The topological polar surface area (TPSA) is 66.5 Å². The number of anilines is 1. The number of rotatable bonds is 5. The Morgan fingerprint density at radius 1 is 1.12 bits per heavy atom. The average Bonchev–Trinajstić information content (AvgIpc) is 2.56. The Labute approximate surface area is 157 Å². The van der Waals surface area contributed by atoms with Gasteiger partial charge in [-0.3, -0.25) is 4.79 Å². The van der Waals surface area contributed by atoms with Gasteiger partial charge in [-0.1, -0.05) is 15.9 Å². The molecular weight excluding hydrogens is 404 g/mol. The molecule has 0 heterocycles. The van der Waals surface area contributed by atoms with Crippen LogP contribution in [-0.4, -0.2) is 31.7 Å². The van der Waals surface area contributed by atoms with Crippen LogP contribution >= 0.6 is 15.9 Å². The number of carbonyl (C=O) groups excluding carboxylic acids is 1. The second-order valence-corrected chi connectivity index (χ2v) is 8.97. The zero-order valence-corrected chi connectivity index (χ0v) is 17.0. The number of nitrogens with one attached hydrogen (secondary N) is 1. The molecule has 0 atom stereocenters. The summed E-state index contributed by atoms with van der Waals surface area (Å²) < 4.78 is 27.1. The standard InChI is InChI=1S/C18H21BrN2O3S/c1-12(2)21(4)25(23,24)16-8-5-14(6-9-16)18(22)20-17-10-7-15(19)11-13(17)3/h5-12H,1-4H3,(H,20,22). The van der Waals surface area contributed by atoms with Gasteiger partial charge in [-0.2, -0.15) is 4.31 Å². The van der Waals surface area contributed by atoms with Gasteiger partial charge in [-0.15, -0.1) is 0 Å². The van der Waals surface area contributed by atoms with Crippen LogP contribution in [0.15, 0.2) is 51.8 Å². The van der Waals surface area contributed by atoms with E-state index in [0.29, 0.717) is 11.3 Å². The summed E-state index contributed by atoms with van der Waals surface area (Å²) in [6.45, 7) is 5.51. The van der Waals surface area contributed by atoms with E-state index in [9.17, 15) is 13.2 Å². The summed E-state index contributed by atoms with van der Waals surface area (Å²) >= 11 is 3.38. The van der Waals surface area contributed by atoms with E-state index in [-0.39, 0.29) is 16.8 Å². The van der Waals surface area contributed by atoms with Crippen molar-refractivity contribution in [1.82, 2.24) is 4.31 Å². The summed E-state index contributed by atoms with van der Waals surface area (Å²) in [6.07, 6.45) is 0. The van der Waals surface area contributed by atoms with E-state index >= 15 is 0 Å². The van der Waals surface area contributed by atoms with Crippen LogP contribution in [-0.2, 0) is 10.0 Å². The van der Waals surface area contributed by atoms with Crippen LogP contribution in [0.3, 0.4) is 0 Å². The van der Waals surface area contributed by atoms with Crippen LogP contribution in [0.4, 0.5) is 5.69 Å². The second kappa shape index (κ2) is 7.68. The zero-order valence-electron chi connectivity index (χ0n) is 14.6. The Hall–Kier alpha value is -1.70. The van der Waals surface area contributed by atoms with Gasteiger partial charge in [0, 0.05) is 28.8 Å². The molecule has 0 radical (unpaired) electrons. The monoisotopic (exact) mass is 424 g/mol. The van der Waals surface area contributed by atoms with Crippen molar-refractivity contribution >= 4 is 37.5 Å². The molecule has 2 aromatic rings. The summed E-state index contributed by atoms with van der Waals surface area (Å²) in [5.74, 6) is -0.286. The molecule has 0 saturated heterocycles. The molecule has 2 rings (SSSR count). The molecule has 0 bridgehead atoms. The van der Waals surface area contributed by atoms with Crippen molar-refractivity contribution in [3.63, 3.8) is 0 Å². The fourth-order valence-corrected chi connectivity index (χ4v) is 4.03. The minimum absolute atomic E-state index is 0.145. The Balaban J connectivity index is 2.21. The summed E-state index contributed by atoms with van der Waals surface area (Å²) in [6, 6.07) is 11.4. The Morgan fingerprint density at radius 2 is 1.72 bits per heavy atom. The van der Waals surface area contributed by atoms with Crippen LogP contribution in [0.25, 0.3) is 0 Å². The van der Waals surface area contributed by atoms with E-state index in [1.807, 2.05) is 25.1 Å². The lowest BCUT2D eigenvalue weighted by Crippen LogP contribution is -2.33. The van der Waals surface area contributed by atoms with Gasteiger partial charge in [-0.25, -0.2) is 8.42 Å². The summed E-state index contributed by atoms with van der Waals surface area (Å²) in [4.78, 5) is 12.5. The molecule has 1 N–H and O–H groups in total. The summed E-state index contributed by atoms with van der Waals surface area (Å²) in [5.41, 5.74) is 2.04. The van der Waals surface area contributed by atoms with Crippen molar-refractivity contribution in [2.24, 2.45) is 0 Å². The number of hydrogen-bond acceptors (Lipinski definition) is 3. The highest BCUT2D eigenvalue weighted by molar-refractivity contribution is 9.10. The molecule has 0 unspecified atom stereocenters. The van der Waals surface area contributed by atoms with E-state index in [0.717, 1.165) is 10.0 Å². The highest BCUT2D eigenvalue weighted by Gasteiger charge is 2.23. The molecule has 0 aliphatic heterocycles. The molecule has 0 saturated carbocycles. The van der Waals surface area contributed by atoms with Crippen LogP contribution in [0.1, 0.15) is 29.8 Å². The molecule has 7 heteroatoms. The van der Waals surface area contributed by atoms with E-state index in [2.05, 4.69) is 21.2 Å². The smallest absolute Gasteiger partial charge is 0.255 e. The van der Waals surface area contributed by atoms with Gasteiger partial charge in [0.1, 0.15) is 0 Å². The van der Waals surface area contributed by atoms with Gasteiger partial charge in [-0.05, 0) is 68.8 Å². The normalized spacial score (nSPS) is 11.8. The van der Waals surface area contributed by atoms with E-state index < -0.39 is 10.0 Å². The third-order valence-electron chi connectivity index (χ3n) is 3.96. The predicted molar refractivity (Wildman–Crippen MR) is 103 cm³/mol. The van der Waals surface area contributed by atoms with E-state index in [1.165, 1.54) is 35.6 Å². The number of amides is 1. The van der Waals surface area contributed by atoms with Crippen molar-refractivity contribution in [3.8, 4) is 0 Å². The third-order valence-corrected chi connectivity index (χ3v) is 6.50. The largest absolute Gasteiger partial charge is 0.322 e. The van der Waals surface area contributed by atoms with Gasteiger partial charge in [0.15, 0.2) is 0 Å². The van der Waals surface area contributed by atoms with Crippen molar-refractivity contribution in [2.75, 3.05) is 12.4 Å².